The smallest absolute Gasteiger partial charge is 0.200 e. The molecule has 0 spiro atoms. The van der Waals surface area contributed by atoms with E-state index in [1.165, 1.54) is 24.3 Å². The van der Waals surface area contributed by atoms with Crippen LogP contribution in [0, 0.1) is 5.82 Å². The number of ketones is 1. The van der Waals surface area contributed by atoms with E-state index in [0.717, 1.165) is 36.1 Å². The average Bonchev–Trinajstić information content (AvgIpc) is 3.42. The number of fused-ring (bicyclic) bond motifs is 2. The SMILES string of the molecule is CC(=O)c1cn(C2CC2)c2c(Cl)c(-c3cc4c(s3)C(O)CCC4)c(F)cc2c1=O. The molecule has 29 heavy (non-hydrogen) atoms. The summed E-state index contributed by atoms with van der Waals surface area (Å²) in [5.41, 5.74) is 1.34. The van der Waals surface area contributed by atoms with Crippen molar-refractivity contribution in [3.8, 4) is 10.4 Å². The highest BCUT2D eigenvalue weighted by Gasteiger charge is 2.30. The number of rotatable bonds is 3. The van der Waals surface area contributed by atoms with E-state index in [1.807, 2.05) is 10.6 Å². The molecular weight excluding hydrogens is 413 g/mol. The summed E-state index contributed by atoms with van der Waals surface area (Å²) < 4.78 is 17.1. The van der Waals surface area contributed by atoms with Gasteiger partial charge in [-0.3, -0.25) is 9.59 Å². The van der Waals surface area contributed by atoms with E-state index >= 15 is 4.39 Å². The minimum absolute atomic E-state index is 0.0577. The molecule has 1 fully saturated rings. The molecule has 1 aromatic carbocycles. The lowest BCUT2D eigenvalue weighted by Crippen LogP contribution is -2.18. The van der Waals surface area contributed by atoms with E-state index in [4.69, 9.17) is 11.6 Å². The Hall–Kier alpha value is -2.02. The molecule has 1 atom stereocenters. The number of aromatic nitrogens is 1. The number of nitrogens with zero attached hydrogens (tertiary/aromatic N) is 1. The molecule has 4 nitrogen and oxygen atoms in total. The van der Waals surface area contributed by atoms with Crippen molar-refractivity contribution in [2.45, 2.75) is 51.2 Å². The molecule has 0 saturated heterocycles. The van der Waals surface area contributed by atoms with Crippen LogP contribution in [0.25, 0.3) is 21.3 Å². The van der Waals surface area contributed by atoms with Gasteiger partial charge in [0.2, 0.25) is 0 Å². The number of Topliss-reactive ketones (excluding diaryl/α,β-unsaturated/α-hetero) is 1. The van der Waals surface area contributed by atoms with Crippen LogP contribution in [-0.4, -0.2) is 15.5 Å². The summed E-state index contributed by atoms with van der Waals surface area (Å²) in [4.78, 5) is 26.3. The first-order chi connectivity index (χ1) is 13.9. The van der Waals surface area contributed by atoms with E-state index in [2.05, 4.69) is 0 Å². The maximum absolute atomic E-state index is 15.2. The number of aryl methyl sites for hydroxylation is 1. The maximum atomic E-state index is 15.2. The number of aliphatic hydroxyl groups excluding tert-OH is 1. The molecule has 0 bridgehead atoms. The number of benzene rings is 1. The van der Waals surface area contributed by atoms with Gasteiger partial charge in [-0.05, 0) is 56.7 Å². The quantitative estimate of drug-likeness (QED) is 0.562. The van der Waals surface area contributed by atoms with Crippen LogP contribution in [0.2, 0.25) is 5.02 Å². The van der Waals surface area contributed by atoms with Crippen molar-refractivity contribution in [1.82, 2.24) is 4.57 Å². The molecule has 0 radical (unpaired) electrons. The van der Waals surface area contributed by atoms with Gasteiger partial charge in [-0.25, -0.2) is 4.39 Å². The molecule has 2 aliphatic carbocycles. The molecule has 5 rings (SSSR count). The Morgan fingerprint density at radius 2 is 2.07 bits per heavy atom. The van der Waals surface area contributed by atoms with Crippen LogP contribution in [0.15, 0.2) is 23.1 Å². The zero-order valence-electron chi connectivity index (χ0n) is 15.8. The fraction of sp³-hybridized carbons (Fsp3) is 0.364. The van der Waals surface area contributed by atoms with Crippen molar-refractivity contribution in [1.29, 1.82) is 0 Å². The predicted molar refractivity (Wildman–Crippen MR) is 113 cm³/mol. The van der Waals surface area contributed by atoms with Gasteiger partial charge in [0.05, 0.1) is 27.6 Å². The molecule has 1 saturated carbocycles. The first-order valence-electron chi connectivity index (χ1n) is 9.75. The van der Waals surface area contributed by atoms with Gasteiger partial charge in [0.1, 0.15) is 5.82 Å². The molecule has 1 unspecified atom stereocenters. The second-order valence-electron chi connectivity index (χ2n) is 7.92. The van der Waals surface area contributed by atoms with E-state index < -0.39 is 17.3 Å². The van der Waals surface area contributed by atoms with Gasteiger partial charge in [0.25, 0.3) is 0 Å². The second kappa shape index (κ2) is 6.76. The zero-order valence-corrected chi connectivity index (χ0v) is 17.4. The fourth-order valence-corrected chi connectivity index (χ4v) is 5.95. The minimum Gasteiger partial charge on any atom is -0.388 e. The van der Waals surface area contributed by atoms with Crippen molar-refractivity contribution in [2.75, 3.05) is 0 Å². The normalized spacial score (nSPS) is 18.8. The van der Waals surface area contributed by atoms with Crippen LogP contribution in [0.4, 0.5) is 4.39 Å². The van der Waals surface area contributed by atoms with Crippen molar-refractivity contribution in [3.05, 3.63) is 55.4 Å². The largest absolute Gasteiger partial charge is 0.388 e. The van der Waals surface area contributed by atoms with Crippen molar-refractivity contribution < 1.29 is 14.3 Å². The Morgan fingerprint density at radius 3 is 2.72 bits per heavy atom. The van der Waals surface area contributed by atoms with Crippen molar-refractivity contribution >= 4 is 39.6 Å². The lowest BCUT2D eigenvalue weighted by molar-refractivity contribution is 0.101. The molecule has 1 N–H and O–H groups in total. The summed E-state index contributed by atoms with van der Waals surface area (Å²) in [6.07, 6.45) is 5.35. The Kier molecular flexibility index (Phi) is 4.42. The fourth-order valence-electron chi connectivity index (χ4n) is 4.22. The van der Waals surface area contributed by atoms with Gasteiger partial charge in [0, 0.05) is 27.6 Å². The molecule has 0 amide bonds. The zero-order chi connectivity index (χ0) is 20.4. The van der Waals surface area contributed by atoms with Crippen LogP contribution >= 0.6 is 22.9 Å². The third-order valence-electron chi connectivity index (χ3n) is 5.84. The molecule has 2 aromatic heterocycles. The Balaban J connectivity index is 1.81. The lowest BCUT2D eigenvalue weighted by atomic mass is 9.96. The van der Waals surface area contributed by atoms with E-state index in [0.29, 0.717) is 16.8 Å². The molecule has 2 aliphatic rings. The number of aliphatic hydroxyl groups is 1. The van der Waals surface area contributed by atoms with E-state index in [1.54, 1.807) is 6.20 Å². The number of hydrogen-bond acceptors (Lipinski definition) is 4. The molecular formula is C22H19ClFNO3S. The van der Waals surface area contributed by atoms with Crippen molar-refractivity contribution in [3.63, 3.8) is 0 Å². The number of thiophene rings is 1. The van der Waals surface area contributed by atoms with Gasteiger partial charge in [-0.15, -0.1) is 11.3 Å². The standard InChI is InChI=1S/C22H19ClFNO3S/c1-10(26)14-9-25(12-5-6-12)20-13(21(14)28)8-15(24)18(19(20)23)17-7-11-3-2-4-16(27)22(11)29-17/h7-9,12,16,27H,2-6H2,1H3. The van der Waals surface area contributed by atoms with Gasteiger partial charge in [-0.1, -0.05) is 11.6 Å². The number of hydrogen-bond donors (Lipinski definition) is 1. The predicted octanol–water partition coefficient (Wildman–Crippen LogP) is 5.43. The molecule has 7 heteroatoms. The molecule has 3 aromatic rings. The van der Waals surface area contributed by atoms with Gasteiger partial charge in [0.15, 0.2) is 11.2 Å². The Morgan fingerprint density at radius 1 is 1.31 bits per heavy atom. The van der Waals surface area contributed by atoms with Crippen LogP contribution < -0.4 is 5.43 Å². The molecule has 2 heterocycles. The first kappa shape index (κ1) is 19.0. The highest BCUT2D eigenvalue weighted by Crippen LogP contribution is 2.46. The Labute approximate surface area is 175 Å². The summed E-state index contributed by atoms with van der Waals surface area (Å²) >= 11 is 8.08. The van der Waals surface area contributed by atoms with Crippen LogP contribution in [0.5, 0.6) is 0 Å². The molecule has 0 aliphatic heterocycles. The van der Waals surface area contributed by atoms with Crippen LogP contribution in [-0.2, 0) is 6.42 Å². The van der Waals surface area contributed by atoms with Gasteiger partial charge in [-0.2, -0.15) is 0 Å². The average molecular weight is 432 g/mol. The van der Waals surface area contributed by atoms with Crippen molar-refractivity contribution in [2.24, 2.45) is 0 Å². The summed E-state index contributed by atoms with van der Waals surface area (Å²) in [6, 6.07) is 3.27. The maximum Gasteiger partial charge on any atom is 0.200 e. The highest BCUT2D eigenvalue weighted by molar-refractivity contribution is 7.15. The monoisotopic (exact) mass is 431 g/mol. The Bertz CT molecular complexity index is 1240. The summed E-state index contributed by atoms with van der Waals surface area (Å²) in [5.74, 6) is -0.928. The molecule has 150 valence electrons. The summed E-state index contributed by atoms with van der Waals surface area (Å²) in [5, 5.41) is 10.6. The highest BCUT2D eigenvalue weighted by atomic mass is 35.5. The number of pyridine rings is 1. The van der Waals surface area contributed by atoms with E-state index in [-0.39, 0.29) is 33.4 Å². The number of carbonyl (C=O) groups excluding carboxylic acids is 1. The lowest BCUT2D eigenvalue weighted by Gasteiger charge is -2.16. The third-order valence-corrected chi connectivity index (χ3v) is 7.51. The minimum atomic E-state index is -0.587. The van der Waals surface area contributed by atoms with Crippen LogP contribution in [0.3, 0.4) is 0 Å². The summed E-state index contributed by atoms with van der Waals surface area (Å²) in [6.45, 7) is 1.34. The van der Waals surface area contributed by atoms with E-state index in [9.17, 15) is 14.7 Å². The van der Waals surface area contributed by atoms with Gasteiger partial charge >= 0.3 is 0 Å². The number of carbonyl (C=O) groups is 1. The second-order valence-corrected chi connectivity index (χ2v) is 9.38. The van der Waals surface area contributed by atoms with Crippen LogP contribution in [0.1, 0.15) is 65.6 Å². The first-order valence-corrected chi connectivity index (χ1v) is 10.9. The number of halogens is 2. The topological polar surface area (TPSA) is 59.3 Å². The summed E-state index contributed by atoms with van der Waals surface area (Å²) in [7, 11) is 0. The third kappa shape index (κ3) is 2.97. The van der Waals surface area contributed by atoms with Gasteiger partial charge < -0.3 is 9.67 Å².